The maximum atomic E-state index is 12.1. The lowest BCUT2D eigenvalue weighted by Gasteiger charge is -2.28. The number of amides is 1. The number of hydrogen-bond donors (Lipinski definition) is 1. The Morgan fingerprint density at radius 3 is 2.83 bits per heavy atom. The predicted molar refractivity (Wildman–Crippen MR) is 97.3 cm³/mol. The summed E-state index contributed by atoms with van der Waals surface area (Å²) >= 11 is 1.61. The van der Waals surface area contributed by atoms with E-state index in [-0.39, 0.29) is 0 Å². The molecule has 7 heteroatoms. The fourth-order valence-electron chi connectivity index (χ4n) is 4.32. The lowest BCUT2D eigenvalue weighted by molar-refractivity contribution is -0.127. The second kappa shape index (κ2) is 6.27. The molecule has 1 amide bonds. The van der Waals surface area contributed by atoms with Crippen LogP contribution >= 0.6 is 11.8 Å². The standard InChI is InChI=1S/C17H23N5OS/c1-21(17-14-3-4-18-16(14)19-10-20-17)13-5-11-7-22(8-12(11)6-13)15(23)9-24-2/h3-4,10-13H,5-9H2,1-2H3,(H,18,19,20)/t11-,12+,13?. The summed E-state index contributed by atoms with van der Waals surface area (Å²) in [5, 5.41) is 1.08. The molecule has 1 aliphatic heterocycles. The van der Waals surface area contributed by atoms with Gasteiger partial charge in [-0.1, -0.05) is 0 Å². The van der Waals surface area contributed by atoms with Crippen molar-refractivity contribution in [2.75, 3.05) is 37.0 Å². The van der Waals surface area contributed by atoms with Crippen LogP contribution < -0.4 is 4.90 Å². The van der Waals surface area contributed by atoms with Crippen molar-refractivity contribution < 1.29 is 4.79 Å². The second-order valence-electron chi connectivity index (χ2n) is 6.93. The highest BCUT2D eigenvalue weighted by Crippen LogP contribution is 2.41. The van der Waals surface area contributed by atoms with Crippen molar-refractivity contribution in [2.24, 2.45) is 11.8 Å². The molecule has 2 aromatic rings. The Balaban J connectivity index is 1.45. The normalized spacial score (nSPS) is 26.1. The average Bonchev–Trinajstić information content (AvgIpc) is 3.27. The summed E-state index contributed by atoms with van der Waals surface area (Å²) in [6, 6.07) is 2.53. The van der Waals surface area contributed by atoms with Crippen molar-refractivity contribution >= 4 is 34.5 Å². The number of hydrogen-bond acceptors (Lipinski definition) is 5. The van der Waals surface area contributed by atoms with Crippen LogP contribution in [0.1, 0.15) is 12.8 Å². The van der Waals surface area contributed by atoms with E-state index in [0.717, 1.165) is 42.8 Å². The molecule has 0 spiro atoms. The molecule has 3 atom stereocenters. The summed E-state index contributed by atoms with van der Waals surface area (Å²) in [6.45, 7) is 1.86. The van der Waals surface area contributed by atoms with E-state index in [4.69, 9.17) is 0 Å². The van der Waals surface area contributed by atoms with Crippen LogP contribution in [0.4, 0.5) is 5.82 Å². The van der Waals surface area contributed by atoms with Crippen LogP contribution in [-0.2, 0) is 4.79 Å². The molecule has 1 aliphatic carbocycles. The summed E-state index contributed by atoms with van der Waals surface area (Å²) in [6.07, 6.45) is 7.81. The number of H-pyrrole nitrogens is 1. The summed E-state index contributed by atoms with van der Waals surface area (Å²) in [4.78, 5) is 28.4. The van der Waals surface area contributed by atoms with Crippen LogP contribution in [0.15, 0.2) is 18.6 Å². The van der Waals surface area contributed by atoms with E-state index >= 15 is 0 Å². The van der Waals surface area contributed by atoms with E-state index in [2.05, 4.69) is 31.8 Å². The molecule has 2 aromatic heterocycles. The van der Waals surface area contributed by atoms with Gasteiger partial charge in [0.2, 0.25) is 5.91 Å². The molecular weight excluding hydrogens is 322 g/mol. The number of carbonyl (C=O) groups is 1. The van der Waals surface area contributed by atoms with Gasteiger partial charge in [-0.05, 0) is 37.0 Å². The average molecular weight is 345 g/mol. The number of nitrogens with one attached hydrogen (secondary N) is 1. The van der Waals surface area contributed by atoms with Crippen molar-refractivity contribution in [3.8, 4) is 0 Å². The molecule has 0 aromatic carbocycles. The second-order valence-corrected chi connectivity index (χ2v) is 7.79. The number of rotatable bonds is 4. The summed E-state index contributed by atoms with van der Waals surface area (Å²) in [5.41, 5.74) is 0.888. The molecule has 6 nitrogen and oxygen atoms in total. The zero-order chi connectivity index (χ0) is 16.7. The molecule has 2 aliphatic rings. The molecule has 0 radical (unpaired) electrons. The van der Waals surface area contributed by atoms with E-state index in [9.17, 15) is 4.79 Å². The minimum atomic E-state index is 0.298. The van der Waals surface area contributed by atoms with Gasteiger partial charge in [0.15, 0.2) is 0 Å². The highest BCUT2D eigenvalue weighted by atomic mass is 32.2. The molecule has 1 N–H and O–H groups in total. The van der Waals surface area contributed by atoms with Gasteiger partial charge in [-0.2, -0.15) is 11.8 Å². The number of anilines is 1. The summed E-state index contributed by atoms with van der Waals surface area (Å²) in [5.74, 6) is 3.17. The molecular formula is C17H23N5OS. The first-order valence-electron chi connectivity index (χ1n) is 8.45. The number of carbonyl (C=O) groups excluding carboxylic acids is 1. The SMILES string of the molecule is CSCC(=O)N1C[C@H]2CC(N(C)c3ncnc4[nH]ccc34)C[C@H]2C1. The molecule has 128 valence electrons. The van der Waals surface area contributed by atoms with Gasteiger partial charge in [-0.15, -0.1) is 0 Å². The molecule has 24 heavy (non-hydrogen) atoms. The van der Waals surface area contributed by atoms with Crippen molar-refractivity contribution in [2.45, 2.75) is 18.9 Å². The lowest BCUT2D eigenvalue weighted by atomic mass is 10.0. The van der Waals surface area contributed by atoms with Gasteiger partial charge in [0.25, 0.3) is 0 Å². The first-order valence-corrected chi connectivity index (χ1v) is 9.84. The van der Waals surface area contributed by atoms with Crippen LogP contribution in [0.25, 0.3) is 11.0 Å². The Labute approximate surface area is 146 Å². The van der Waals surface area contributed by atoms with Gasteiger partial charge < -0.3 is 14.8 Å². The van der Waals surface area contributed by atoms with Gasteiger partial charge in [-0.25, -0.2) is 9.97 Å². The maximum absolute atomic E-state index is 12.1. The van der Waals surface area contributed by atoms with E-state index in [0.29, 0.717) is 29.5 Å². The molecule has 4 rings (SSSR count). The first kappa shape index (κ1) is 15.7. The number of nitrogens with zero attached hydrogens (tertiary/aromatic N) is 4. The fourth-order valence-corrected chi connectivity index (χ4v) is 4.74. The highest BCUT2D eigenvalue weighted by molar-refractivity contribution is 7.99. The third-order valence-electron chi connectivity index (χ3n) is 5.56. The smallest absolute Gasteiger partial charge is 0.232 e. The Morgan fingerprint density at radius 2 is 2.12 bits per heavy atom. The number of likely N-dealkylation sites (tertiary alicyclic amines) is 1. The van der Waals surface area contributed by atoms with E-state index in [1.165, 1.54) is 0 Å². The van der Waals surface area contributed by atoms with Crippen molar-refractivity contribution in [3.05, 3.63) is 18.6 Å². The topological polar surface area (TPSA) is 65.1 Å². The number of thioether (sulfide) groups is 1. The van der Waals surface area contributed by atoms with Gasteiger partial charge in [0.05, 0.1) is 11.1 Å². The van der Waals surface area contributed by atoms with Crippen molar-refractivity contribution in [1.82, 2.24) is 19.9 Å². The predicted octanol–water partition coefficient (Wildman–Crippen LogP) is 1.99. The quantitative estimate of drug-likeness (QED) is 0.918. The van der Waals surface area contributed by atoms with Gasteiger partial charge in [-0.3, -0.25) is 4.79 Å². The molecule has 2 fully saturated rings. The van der Waals surface area contributed by atoms with E-state index in [1.807, 2.05) is 18.5 Å². The fraction of sp³-hybridized carbons (Fsp3) is 0.588. The van der Waals surface area contributed by atoms with Crippen LogP contribution in [0, 0.1) is 11.8 Å². The number of aromatic nitrogens is 3. The zero-order valence-corrected chi connectivity index (χ0v) is 14.9. The molecule has 1 saturated heterocycles. The van der Waals surface area contributed by atoms with Crippen molar-refractivity contribution in [3.63, 3.8) is 0 Å². The number of aromatic amines is 1. The summed E-state index contributed by atoms with van der Waals surface area (Å²) < 4.78 is 0. The van der Waals surface area contributed by atoms with E-state index < -0.39 is 0 Å². The summed E-state index contributed by atoms with van der Waals surface area (Å²) in [7, 11) is 2.14. The Kier molecular flexibility index (Phi) is 4.12. The van der Waals surface area contributed by atoms with Crippen LogP contribution in [-0.4, -0.2) is 63.9 Å². The van der Waals surface area contributed by atoms with Crippen molar-refractivity contribution in [1.29, 1.82) is 0 Å². The molecule has 1 saturated carbocycles. The minimum absolute atomic E-state index is 0.298. The van der Waals surface area contributed by atoms with Gasteiger partial charge in [0.1, 0.15) is 17.8 Å². The zero-order valence-electron chi connectivity index (χ0n) is 14.1. The minimum Gasteiger partial charge on any atom is -0.356 e. The molecule has 0 bridgehead atoms. The Bertz CT molecular complexity index is 733. The van der Waals surface area contributed by atoms with Gasteiger partial charge >= 0.3 is 0 Å². The largest absolute Gasteiger partial charge is 0.356 e. The van der Waals surface area contributed by atoms with Crippen LogP contribution in [0.3, 0.4) is 0 Å². The Morgan fingerprint density at radius 1 is 1.38 bits per heavy atom. The maximum Gasteiger partial charge on any atom is 0.232 e. The van der Waals surface area contributed by atoms with E-state index in [1.54, 1.807) is 18.1 Å². The highest BCUT2D eigenvalue weighted by Gasteiger charge is 2.43. The third-order valence-corrected chi connectivity index (χ3v) is 6.10. The molecule has 3 heterocycles. The first-order chi connectivity index (χ1) is 11.7. The van der Waals surface area contributed by atoms with Crippen LogP contribution in [0.5, 0.6) is 0 Å². The molecule has 1 unspecified atom stereocenters. The third kappa shape index (κ3) is 2.64. The monoisotopic (exact) mass is 345 g/mol. The van der Waals surface area contributed by atoms with Gasteiger partial charge in [0, 0.05) is 32.4 Å². The lowest BCUT2D eigenvalue weighted by Crippen LogP contribution is -2.35. The number of fused-ring (bicyclic) bond motifs is 2. The Hall–Kier alpha value is -1.76. The van der Waals surface area contributed by atoms with Crippen LogP contribution in [0.2, 0.25) is 0 Å².